The molecule has 3 amide bonds. The Morgan fingerprint density at radius 3 is 2.57 bits per heavy atom. The molecule has 0 spiro atoms. The van der Waals surface area contributed by atoms with Crippen LogP contribution in [0.3, 0.4) is 0 Å². The third kappa shape index (κ3) is 6.28. The molecule has 2 saturated heterocycles. The highest BCUT2D eigenvalue weighted by atomic mass is 32.2. The Hall–Kier alpha value is -1.44. The van der Waals surface area contributed by atoms with Crippen molar-refractivity contribution in [3.8, 4) is 0 Å². The number of thioether (sulfide) groups is 1. The molecule has 2 aliphatic heterocycles. The number of amides is 3. The second-order valence-electron chi connectivity index (χ2n) is 9.74. The van der Waals surface area contributed by atoms with Crippen molar-refractivity contribution in [2.45, 2.75) is 83.4 Å². The van der Waals surface area contributed by atoms with Gasteiger partial charge in [-0.05, 0) is 33.1 Å². The Bertz CT molecular complexity index is 630. The van der Waals surface area contributed by atoms with E-state index >= 15 is 0 Å². The fourth-order valence-electron chi connectivity index (χ4n) is 4.69. The van der Waals surface area contributed by atoms with Crippen molar-refractivity contribution in [2.75, 3.05) is 31.1 Å². The van der Waals surface area contributed by atoms with Gasteiger partial charge in [-0.15, -0.1) is 0 Å². The van der Waals surface area contributed by atoms with Crippen LogP contribution >= 0.6 is 11.8 Å². The molecule has 2 atom stereocenters. The number of rotatable bonds is 4. The molecule has 3 fully saturated rings. The minimum atomic E-state index is -0.563. The van der Waals surface area contributed by atoms with Crippen LogP contribution in [0, 0.1) is 5.92 Å². The molecule has 0 bridgehead atoms. The highest BCUT2D eigenvalue weighted by Gasteiger charge is 2.38. The van der Waals surface area contributed by atoms with Gasteiger partial charge in [-0.1, -0.05) is 32.1 Å². The Balaban J connectivity index is 1.65. The van der Waals surface area contributed by atoms with Gasteiger partial charge in [0.25, 0.3) is 0 Å². The summed E-state index contributed by atoms with van der Waals surface area (Å²) in [4.78, 5) is 42.0. The van der Waals surface area contributed by atoms with E-state index in [1.807, 2.05) is 20.8 Å². The van der Waals surface area contributed by atoms with Crippen LogP contribution in [0.5, 0.6) is 0 Å². The van der Waals surface area contributed by atoms with E-state index in [9.17, 15) is 14.4 Å². The number of nitrogens with zero attached hydrogens (tertiary/aromatic N) is 2. The minimum absolute atomic E-state index is 0.0216. The normalized spacial score (nSPS) is 26.3. The van der Waals surface area contributed by atoms with E-state index in [1.54, 1.807) is 21.6 Å². The molecule has 1 N–H and O–H groups in total. The lowest BCUT2D eigenvalue weighted by atomic mass is 9.84. The fourth-order valence-corrected chi connectivity index (χ4v) is 5.75. The van der Waals surface area contributed by atoms with Crippen LogP contribution in [0.4, 0.5) is 4.79 Å². The molecule has 2 heterocycles. The second-order valence-corrected chi connectivity index (χ2v) is 10.9. The molecular formula is C22H37N3O4S. The van der Waals surface area contributed by atoms with E-state index in [2.05, 4.69) is 5.32 Å². The van der Waals surface area contributed by atoms with Crippen molar-refractivity contribution in [3.05, 3.63) is 0 Å². The largest absolute Gasteiger partial charge is 0.444 e. The smallest absolute Gasteiger partial charge is 0.410 e. The van der Waals surface area contributed by atoms with Crippen LogP contribution in [0.2, 0.25) is 0 Å². The van der Waals surface area contributed by atoms with E-state index in [1.165, 1.54) is 19.3 Å². The van der Waals surface area contributed by atoms with Crippen molar-refractivity contribution < 1.29 is 19.1 Å². The lowest BCUT2D eigenvalue weighted by Gasteiger charge is -2.40. The monoisotopic (exact) mass is 439 g/mol. The summed E-state index contributed by atoms with van der Waals surface area (Å²) in [6, 6.07) is -0.563. The first-order valence-electron chi connectivity index (χ1n) is 11.4. The molecule has 3 aliphatic rings. The molecular weight excluding hydrogens is 402 g/mol. The number of carbonyl (C=O) groups is 3. The summed E-state index contributed by atoms with van der Waals surface area (Å²) in [7, 11) is 0. The van der Waals surface area contributed by atoms with Gasteiger partial charge in [0.1, 0.15) is 11.6 Å². The predicted molar refractivity (Wildman–Crippen MR) is 118 cm³/mol. The van der Waals surface area contributed by atoms with Gasteiger partial charge in [-0.25, -0.2) is 4.79 Å². The lowest BCUT2D eigenvalue weighted by molar-refractivity contribution is -0.144. The molecule has 3 rings (SSSR count). The number of ether oxygens (including phenoxy) is 1. The van der Waals surface area contributed by atoms with Crippen LogP contribution in [-0.4, -0.2) is 76.5 Å². The Morgan fingerprint density at radius 1 is 1.13 bits per heavy atom. The standard InChI is InChI=1S/C22H37N3O4S/c1-22(2,3)29-21(28)24-11-12-30-15-17(24)14-19(26)25-10-9-23-20(27)18(25)13-16-7-5-4-6-8-16/h16-18H,4-15H2,1-3H3,(H,23,27). The van der Waals surface area contributed by atoms with Crippen molar-refractivity contribution >= 4 is 29.7 Å². The summed E-state index contributed by atoms with van der Waals surface area (Å²) < 4.78 is 5.56. The van der Waals surface area contributed by atoms with Gasteiger partial charge in [0, 0.05) is 37.6 Å². The maximum atomic E-state index is 13.3. The maximum absolute atomic E-state index is 13.3. The number of piperazine rings is 1. The molecule has 0 aromatic rings. The fraction of sp³-hybridized carbons (Fsp3) is 0.864. The third-order valence-electron chi connectivity index (χ3n) is 6.20. The van der Waals surface area contributed by atoms with Gasteiger partial charge >= 0.3 is 6.09 Å². The topological polar surface area (TPSA) is 79.0 Å². The molecule has 0 radical (unpaired) electrons. The first-order chi connectivity index (χ1) is 14.2. The molecule has 2 unspecified atom stereocenters. The maximum Gasteiger partial charge on any atom is 0.410 e. The average molecular weight is 440 g/mol. The van der Waals surface area contributed by atoms with Gasteiger partial charge in [-0.2, -0.15) is 11.8 Å². The first-order valence-corrected chi connectivity index (χ1v) is 12.5. The van der Waals surface area contributed by atoms with E-state index < -0.39 is 5.60 Å². The second kappa shape index (κ2) is 10.2. The van der Waals surface area contributed by atoms with Gasteiger partial charge in [0.15, 0.2) is 0 Å². The van der Waals surface area contributed by atoms with Crippen LogP contribution in [0.15, 0.2) is 0 Å². The summed E-state index contributed by atoms with van der Waals surface area (Å²) in [6.07, 6.45) is 6.67. The van der Waals surface area contributed by atoms with Crippen molar-refractivity contribution in [1.29, 1.82) is 0 Å². The minimum Gasteiger partial charge on any atom is -0.444 e. The zero-order chi connectivity index (χ0) is 21.7. The quantitative estimate of drug-likeness (QED) is 0.728. The number of carbonyl (C=O) groups excluding carboxylic acids is 3. The van der Waals surface area contributed by atoms with Gasteiger partial charge < -0.3 is 19.9 Å². The molecule has 1 aliphatic carbocycles. The predicted octanol–water partition coefficient (Wildman–Crippen LogP) is 3.03. The molecule has 30 heavy (non-hydrogen) atoms. The third-order valence-corrected chi connectivity index (χ3v) is 7.29. The zero-order valence-corrected chi connectivity index (χ0v) is 19.5. The van der Waals surface area contributed by atoms with Crippen LogP contribution in [-0.2, 0) is 14.3 Å². The summed E-state index contributed by atoms with van der Waals surface area (Å²) in [5.74, 6) is 2.04. The number of hydrogen-bond acceptors (Lipinski definition) is 5. The summed E-state index contributed by atoms with van der Waals surface area (Å²) in [5, 5.41) is 2.94. The Labute approximate surface area is 184 Å². The average Bonchev–Trinajstić information content (AvgIpc) is 2.69. The van der Waals surface area contributed by atoms with E-state index in [4.69, 9.17) is 4.74 Å². The number of hydrogen-bond donors (Lipinski definition) is 1. The highest BCUT2D eigenvalue weighted by Crippen LogP contribution is 2.30. The molecule has 170 valence electrons. The van der Waals surface area contributed by atoms with Gasteiger partial charge in [0.2, 0.25) is 11.8 Å². The summed E-state index contributed by atoms with van der Waals surface area (Å²) >= 11 is 1.76. The zero-order valence-electron chi connectivity index (χ0n) is 18.7. The van der Waals surface area contributed by atoms with E-state index in [0.29, 0.717) is 25.6 Å². The van der Waals surface area contributed by atoms with Gasteiger partial charge in [0.05, 0.1) is 6.04 Å². The van der Waals surface area contributed by atoms with E-state index in [-0.39, 0.29) is 36.4 Å². The number of nitrogens with one attached hydrogen (secondary N) is 1. The Kier molecular flexibility index (Phi) is 7.93. The SMILES string of the molecule is CC(C)(C)OC(=O)N1CCSCC1CC(=O)N1CCNC(=O)C1CC1CCCCC1. The molecule has 8 heteroatoms. The molecule has 0 aromatic carbocycles. The lowest BCUT2D eigenvalue weighted by Crippen LogP contribution is -2.59. The van der Waals surface area contributed by atoms with E-state index in [0.717, 1.165) is 30.8 Å². The highest BCUT2D eigenvalue weighted by molar-refractivity contribution is 7.99. The summed E-state index contributed by atoms with van der Waals surface area (Å²) in [6.45, 7) is 7.20. The molecule has 1 saturated carbocycles. The van der Waals surface area contributed by atoms with Crippen molar-refractivity contribution in [1.82, 2.24) is 15.1 Å². The van der Waals surface area contributed by atoms with Crippen LogP contribution < -0.4 is 5.32 Å². The van der Waals surface area contributed by atoms with Gasteiger partial charge in [-0.3, -0.25) is 9.59 Å². The molecule has 0 aromatic heterocycles. The van der Waals surface area contributed by atoms with Crippen LogP contribution in [0.1, 0.15) is 65.7 Å². The van der Waals surface area contributed by atoms with Crippen molar-refractivity contribution in [3.63, 3.8) is 0 Å². The Morgan fingerprint density at radius 2 is 1.87 bits per heavy atom. The molecule has 7 nitrogen and oxygen atoms in total. The first kappa shape index (κ1) is 23.2. The van der Waals surface area contributed by atoms with Crippen LogP contribution in [0.25, 0.3) is 0 Å². The summed E-state index contributed by atoms with van der Waals surface area (Å²) in [5.41, 5.74) is -0.563. The van der Waals surface area contributed by atoms with Crippen molar-refractivity contribution in [2.24, 2.45) is 5.92 Å².